The highest BCUT2D eigenvalue weighted by Gasteiger charge is 2.53. The van der Waals surface area contributed by atoms with E-state index in [-0.39, 0.29) is 5.92 Å². The molecule has 0 N–H and O–H groups in total. The fourth-order valence-electron chi connectivity index (χ4n) is 5.46. The van der Waals surface area contributed by atoms with Crippen LogP contribution in [0.3, 0.4) is 0 Å². The molecule has 5 heteroatoms. The Hall–Kier alpha value is -0.290. The largest absolute Gasteiger partial charge is 0.375 e. The molecule has 2 nitrogen and oxygen atoms in total. The highest BCUT2D eigenvalue weighted by Crippen LogP contribution is 2.46. The predicted molar refractivity (Wildman–Crippen MR) is 101 cm³/mol. The van der Waals surface area contributed by atoms with Gasteiger partial charge in [0.25, 0.3) is 0 Å². The molecule has 3 aliphatic rings. The summed E-state index contributed by atoms with van der Waals surface area (Å²) in [5.41, 5.74) is 0. The van der Waals surface area contributed by atoms with Crippen molar-refractivity contribution in [3.8, 4) is 0 Å². The van der Waals surface area contributed by atoms with E-state index in [1.54, 1.807) is 0 Å². The lowest BCUT2D eigenvalue weighted by molar-refractivity contribution is -0.154. The standard InChI is InChI=1S/C22H37F3O2/c1-3-11-26-17-10-9-16-12-18(21(24)22(25)19(16)20(17)23)27-13-15-7-5-14(4-2)6-8-15/h14-22H,3-13H2,1-2H3. The third-order valence-electron chi connectivity index (χ3n) is 7.28. The van der Waals surface area contributed by atoms with E-state index >= 15 is 0 Å². The van der Waals surface area contributed by atoms with Gasteiger partial charge >= 0.3 is 0 Å². The summed E-state index contributed by atoms with van der Waals surface area (Å²) < 4.78 is 55.8. The first-order chi connectivity index (χ1) is 13.0. The molecule has 0 aromatic heterocycles. The fraction of sp³-hybridized carbons (Fsp3) is 1.00. The molecule has 0 bridgehead atoms. The van der Waals surface area contributed by atoms with Gasteiger partial charge in [0.15, 0.2) is 6.17 Å². The molecule has 0 saturated heterocycles. The van der Waals surface area contributed by atoms with E-state index in [1.807, 2.05) is 6.92 Å². The highest BCUT2D eigenvalue weighted by atomic mass is 19.2. The number of halogens is 3. The van der Waals surface area contributed by atoms with Crippen molar-refractivity contribution >= 4 is 0 Å². The van der Waals surface area contributed by atoms with Gasteiger partial charge in [-0.1, -0.05) is 33.1 Å². The number of ether oxygens (including phenoxy) is 2. The second-order valence-electron chi connectivity index (χ2n) is 9.06. The zero-order valence-electron chi connectivity index (χ0n) is 16.9. The van der Waals surface area contributed by atoms with Gasteiger partial charge in [-0.15, -0.1) is 0 Å². The van der Waals surface area contributed by atoms with E-state index in [1.165, 1.54) is 19.3 Å². The van der Waals surface area contributed by atoms with Crippen LogP contribution < -0.4 is 0 Å². The van der Waals surface area contributed by atoms with Gasteiger partial charge in [-0.3, -0.25) is 0 Å². The number of rotatable bonds is 7. The summed E-state index contributed by atoms with van der Waals surface area (Å²) in [5, 5.41) is 0. The molecule has 3 fully saturated rings. The van der Waals surface area contributed by atoms with Crippen molar-refractivity contribution in [3.63, 3.8) is 0 Å². The van der Waals surface area contributed by atoms with Crippen LogP contribution in [-0.4, -0.2) is 43.9 Å². The molecular weight excluding hydrogens is 353 g/mol. The quantitative estimate of drug-likeness (QED) is 0.545. The molecule has 158 valence electrons. The molecule has 3 saturated carbocycles. The summed E-state index contributed by atoms with van der Waals surface area (Å²) in [6.45, 7) is 5.19. The fourth-order valence-corrected chi connectivity index (χ4v) is 5.46. The minimum atomic E-state index is -1.78. The van der Waals surface area contributed by atoms with Gasteiger partial charge in [-0.05, 0) is 56.3 Å². The van der Waals surface area contributed by atoms with Gasteiger partial charge in [0.1, 0.15) is 12.3 Å². The van der Waals surface area contributed by atoms with Crippen molar-refractivity contribution in [2.24, 2.45) is 23.7 Å². The second-order valence-corrected chi connectivity index (χ2v) is 9.06. The van der Waals surface area contributed by atoms with Crippen molar-refractivity contribution in [1.29, 1.82) is 0 Å². The van der Waals surface area contributed by atoms with Gasteiger partial charge in [-0.25, -0.2) is 13.2 Å². The van der Waals surface area contributed by atoms with E-state index in [2.05, 4.69) is 6.92 Å². The van der Waals surface area contributed by atoms with Crippen LogP contribution in [0, 0.1) is 23.7 Å². The molecule has 7 atom stereocenters. The van der Waals surface area contributed by atoms with Crippen molar-refractivity contribution < 1.29 is 22.6 Å². The van der Waals surface area contributed by atoms with Crippen LogP contribution in [0.25, 0.3) is 0 Å². The lowest BCUT2D eigenvalue weighted by Gasteiger charge is -2.47. The normalized spacial score (nSPS) is 45.4. The molecule has 27 heavy (non-hydrogen) atoms. The Labute approximate surface area is 162 Å². The maximum atomic E-state index is 14.8. The number of hydrogen-bond donors (Lipinski definition) is 0. The van der Waals surface area contributed by atoms with Crippen molar-refractivity contribution in [3.05, 3.63) is 0 Å². The number of hydrogen-bond acceptors (Lipinski definition) is 2. The Morgan fingerprint density at radius 1 is 0.741 bits per heavy atom. The van der Waals surface area contributed by atoms with Crippen molar-refractivity contribution in [1.82, 2.24) is 0 Å². The average Bonchev–Trinajstić information content (AvgIpc) is 2.69. The Bertz CT molecular complexity index is 439. The van der Waals surface area contributed by atoms with E-state index < -0.39 is 36.6 Å². The van der Waals surface area contributed by atoms with E-state index in [0.29, 0.717) is 38.4 Å². The summed E-state index contributed by atoms with van der Waals surface area (Å²) >= 11 is 0. The Morgan fingerprint density at radius 3 is 2.11 bits per heavy atom. The summed E-state index contributed by atoms with van der Waals surface area (Å²) in [4.78, 5) is 0. The molecule has 0 amide bonds. The first kappa shape index (κ1) is 21.4. The summed E-state index contributed by atoms with van der Waals surface area (Å²) in [6, 6.07) is 0. The highest BCUT2D eigenvalue weighted by molar-refractivity contribution is 5.01. The molecular formula is C22H37F3O2. The van der Waals surface area contributed by atoms with Gasteiger partial charge in [0.05, 0.1) is 12.2 Å². The van der Waals surface area contributed by atoms with Crippen LogP contribution in [0.2, 0.25) is 0 Å². The smallest absolute Gasteiger partial charge is 0.157 e. The lowest BCUT2D eigenvalue weighted by atomic mass is 9.66. The van der Waals surface area contributed by atoms with E-state index in [9.17, 15) is 13.2 Å². The van der Waals surface area contributed by atoms with E-state index in [4.69, 9.17) is 9.47 Å². The van der Waals surface area contributed by atoms with E-state index in [0.717, 1.165) is 25.2 Å². The van der Waals surface area contributed by atoms with Crippen LogP contribution in [-0.2, 0) is 9.47 Å². The first-order valence-corrected chi connectivity index (χ1v) is 11.2. The Morgan fingerprint density at radius 2 is 1.44 bits per heavy atom. The molecule has 0 radical (unpaired) electrons. The molecule has 0 aromatic carbocycles. The summed E-state index contributed by atoms with van der Waals surface area (Å²) in [7, 11) is 0. The average molecular weight is 391 g/mol. The Kier molecular flexibility index (Phi) is 7.90. The van der Waals surface area contributed by atoms with Gasteiger partial charge < -0.3 is 9.47 Å². The molecule has 3 aliphatic carbocycles. The monoisotopic (exact) mass is 390 g/mol. The molecule has 7 unspecified atom stereocenters. The SMILES string of the molecule is CCCOC1CCC2CC(OCC3CCC(CC)CC3)C(F)C(F)C2C1F. The molecule has 0 spiro atoms. The van der Waals surface area contributed by atoms with Gasteiger partial charge in [0, 0.05) is 19.1 Å². The lowest BCUT2D eigenvalue weighted by Crippen LogP contribution is -2.55. The number of alkyl halides is 3. The molecule has 0 aliphatic heterocycles. The van der Waals surface area contributed by atoms with Crippen molar-refractivity contribution in [2.75, 3.05) is 13.2 Å². The third-order valence-corrected chi connectivity index (χ3v) is 7.28. The number of fused-ring (bicyclic) bond motifs is 1. The minimum absolute atomic E-state index is 0.135. The van der Waals surface area contributed by atoms with Gasteiger partial charge in [0.2, 0.25) is 0 Å². The van der Waals surface area contributed by atoms with Crippen LogP contribution in [0.15, 0.2) is 0 Å². The Balaban J connectivity index is 1.51. The minimum Gasteiger partial charge on any atom is -0.375 e. The molecule has 0 aromatic rings. The van der Waals surface area contributed by atoms with Crippen molar-refractivity contribution in [2.45, 2.75) is 102 Å². The summed E-state index contributed by atoms with van der Waals surface area (Å²) in [5.74, 6) is 0.259. The van der Waals surface area contributed by atoms with Crippen LogP contribution in [0.1, 0.15) is 71.6 Å². The van der Waals surface area contributed by atoms with Crippen LogP contribution >= 0.6 is 0 Å². The zero-order valence-corrected chi connectivity index (χ0v) is 16.9. The maximum Gasteiger partial charge on any atom is 0.157 e. The molecule has 0 heterocycles. The maximum absolute atomic E-state index is 14.8. The molecule has 3 rings (SSSR count). The first-order valence-electron chi connectivity index (χ1n) is 11.2. The zero-order chi connectivity index (χ0) is 19.4. The predicted octanol–water partition coefficient (Wildman–Crippen LogP) is 5.83. The topological polar surface area (TPSA) is 18.5 Å². The third kappa shape index (κ3) is 5.01. The van der Waals surface area contributed by atoms with Crippen LogP contribution in [0.4, 0.5) is 13.2 Å². The second kappa shape index (κ2) is 9.96. The van der Waals surface area contributed by atoms with Crippen LogP contribution in [0.5, 0.6) is 0 Å². The van der Waals surface area contributed by atoms with Gasteiger partial charge in [-0.2, -0.15) is 0 Å². The summed E-state index contributed by atoms with van der Waals surface area (Å²) in [6.07, 6.45) is 2.23.